The molecule has 3 heterocycles. The van der Waals surface area contributed by atoms with Gasteiger partial charge in [-0.1, -0.05) is 0 Å². The van der Waals surface area contributed by atoms with Crippen molar-refractivity contribution in [2.45, 2.75) is 6.54 Å². The van der Waals surface area contributed by atoms with Gasteiger partial charge in [-0.3, -0.25) is 9.78 Å². The Labute approximate surface area is 224 Å². The Balaban J connectivity index is 1.32. The van der Waals surface area contributed by atoms with Crippen LogP contribution in [-0.4, -0.2) is 52.1 Å². The molecule has 12 nitrogen and oxygen atoms in total. The molecule has 2 aromatic heterocycles. The SMILES string of the molecule is CNc1nc(Nc2ccc(NC(=O)Nc3cccnc3)cc2)nc(Nc2ccc3c(c2)CN(C)C3=O)c1C=N. The molecule has 0 radical (unpaired) electrons. The number of anilines is 7. The maximum absolute atomic E-state index is 12.2. The van der Waals surface area contributed by atoms with E-state index in [-0.39, 0.29) is 11.9 Å². The fourth-order valence-electron chi connectivity index (χ4n) is 4.12. The molecule has 39 heavy (non-hydrogen) atoms. The first-order chi connectivity index (χ1) is 18.9. The first kappa shape index (κ1) is 25.1. The van der Waals surface area contributed by atoms with Crippen LogP contribution in [0.5, 0.6) is 0 Å². The predicted molar refractivity (Wildman–Crippen MR) is 152 cm³/mol. The van der Waals surface area contributed by atoms with Crippen molar-refractivity contribution >= 4 is 58.5 Å². The van der Waals surface area contributed by atoms with Crippen molar-refractivity contribution in [1.29, 1.82) is 5.41 Å². The summed E-state index contributed by atoms with van der Waals surface area (Å²) < 4.78 is 0. The molecule has 6 N–H and O–H groups in total. The van der Waals surface area contributed by atoms with Crippen LogP contribution in [0.3, 0.4) is 0 Å². The molecule has 1 aliphatic heterocycles. The largest absolute Gasteiger partial charge is 0.372 e. The third kappa shape index (κ3) is 5.59. The van der Waals surface area contributed by atoms with Gasteiger partial charge in [0.05, 0.1) is 17.4 Å². The molecule has 1 aliphatic rings. The average molecular weight is 523 g/mol. The molecule has 0 spiro atoms. The molecule has 0 saturated carbocycles. The number of pyridine rings is 1. The van der Waals surface area contributed by atoms with Gasteiger partial charge in [0.2, 0.25) is 5.95 Å². The molecule has 0 bridgehead atoms. The lowest BCUT2D eigenvalue weighted by atomic mass is 10.1. The number of urea groups is 1. The molecular weight excluding hydrogens is 496 g/mol. The van der Waals surface area contributed by atoms with Gasteiger partial charge in [0.15, 0.2) is 0 Å². The van der Waals surface area contributed by atoms with E-state index in [1.165, 1.54) is 6.21 Å². The maximum atomic E-state index is 12.2. The minimum atomic E-state index is -0.383. The molecule has 0 aliphatic carbocycles. The highest BCUT2D eigenvalue weighted by molar-refractivity contribution is 6.00. The number of hydrogen-bond donors (Lipinski definition) is 6. The number of amides is 3. The second-order valence-corrected chi connectivity index (χ2v) is 8.73. The summed E-state index contributed by atoms with van der Waals surface area (Å²) in [6.45, 7) is 0.537. The Morgan fingerprint density at radius 2 is 1.67 bits per heavy atom. The van der Waals surface area contributed by atoms with E-state index in [1.807, 2.05) is 12.1 Å². The van der Waals surface area contributed by atoms with E-state index in [0.717, 1.165) is 11.3 Å². The van der Waals surface area contributed by atoms with Crippen LogP contribution in [0, 0.1) is 5.41 Å². The van der Waals surface area contributed by atoms with Crippen LogP contribution in [0.1, 0.15) is 21.5 Å². The van der Waals surface area contributed by atoms with Crippen LogP contribution < -0.4 is 26.6 Å². The smallest absolute Gasteiger partial charge is 0.323 e. The number of fused-ring (bicyclic) bond motifs is 1. The first-order valence-electron chi connectivity index (χ1n) is 12.0. The van der Waals surface area contributed by atoms with Crippen LogP contribution in [0.2, 0.25) is 0 Å². The summed E-state index contributed by atoms with van der Waals surface area (Å²) in [6, 6.07) is 15.7. The first-order valence-corrected chi connectivity index (χ1v) is 12.0. The van der Waals surface area contributed by atoms with E-state index >= 15 is 0 Å². The van der Waals surface area contributed by atoms with Crippen molar-refractivity contribution in [2.24, 2.45) is 0 Å². The molecule has 4 aromatic rings. The molecule has 0 atom stereocenters. The second kappa shape index (κ2) is 10.8. The highest BCUT2D eigenvalue weighted by atomic mass is 16.2. The minimum Gasteiger partial charge on any atom is -0.372 e. The van der Waals surface area contributed by atoms with E-state index in [0.29, 0.717) is 52.3 Å². The third-order valence-electron chi connectivity index (χ3n) is 6.00. The predicted octanol–water partition coefficient (Wildman–Crippen LogP) is 4.63. The topological polar surface area (TPSA) is 160 Å². The molecular formula is C27H26N10O2. The Kier molecular flexibility index (Phi) is 6.99. The number of nitrogens with zero attached hydrogens (tertiary/aromatic N) is 4. The lowest BCUT2D eigenvalue weighted by Gasteiger charge is -2.15. The maximum Gasteiger partial charge on any atom is 0.323 e. The molecule has 2 aromatic carbocycles. The van der Waals surface area contributed by atoms with Crippen LogP contribution in [-0.2, 0) is 6.54 Å². The van der Waals surface area contributed by atoms with Gasteiger partial charge in [0.25, 0.3) is 5.91 Å². The molecule has 5 rings (SSSR count). The van der Waals surface area contributed by atoms with E-state index in [1.54, 1.807) is 73.9 Å². The van der Waals surface area contributed by atoms with Gasteiger partial charge >= 0.3 is 6.03 Å². The fraction of sp³-hybridized carbons (Fsp3) is 0.111. The summed E-state index contributed by atoms with van der Waals surface area (Å²) in [7, 11) is 3.49. The summed E-state index contributed by atoms with van der Waals surface area (Å²) in [5, 5.41) is 22.8. The number of rotatable bonds is 8. The highest BCUT2D eigenvalue weighted by Gasteiger charge is 2.24. The number of carbonyl (C=O) groups is 2. The summed E-state index contributed by atoms with van der Waals surface area (Å²) >= 11 is 0. The van der Waals surface area contributed by atoms with E-state index < -0.39 is 0 Å². The molecule has 0 saturated heterocycles. The van der Waals surface area contributed by atoms with E-state index in [4.69, 9.17) is 5.41 Å². The lowest BCUT2D eigenvalue weighted by molar-refractivity contribution is 0.0816. The minimum absolute atomic E-state index is 0.00179. The number of nitrogens with one attached hydrogen (secondary N) is 6. The van der Waals surface area contributed by atoms with Crippen LogP contribution in [0.15, 0.2) is 67.0 Å². The van der Waals surface area contributed by atoms with Crippen molar-refractivity contribution < 1.29 is 9.59 Å². The molecule has 12 heteroatoms. The second-order valence-electron chi connectivity index (χ2n) is 8.73. The van der Waals surface area contributed by atoms with Crippen molar-refractivity contribution in [3.8, 4) is 0 Å². The summed E-state index contributed by atoms with van der Waals surface area (Å²) in [6.07, 6.45) is 4.37. The summed E-state index contributed by atoms with van der Waals surface area (Å²) in [5.74, 6) is 1.19. The van der Waals surface area contributed by atoms with E-state index in [9.17, 15) is 9.59 Å². The Morgan fingerprint density at radius 3 is 2.38 bits per heavy atom. The molecule has 196 valence electrons. The highest BCUT2D eigenvalue weighted by Crippen LogP contribution is 2.29. The lowest BCUT2D eigenvalue weighted by Crippen LogP contribution is -2.19. The molecule has 0 fully saturated rings. The summed E-state index contributed by atoms with van der Waals surface area (Å²) in [5.41, 5.74) is 4.72. The van der Waals surface area contributed by atoms with Crippen molar-refractivity contribution in [3.63, 3.8) is 0 Å². The van der Waals surface area contributed by atoms with Crippen molar-refractivity contribution in [3.05, 3.63) is 83.7 Å². The number of carbonyl (C=O) groups excluding carboxylic acids is 2. The zero-order valence-corrected chi connectivity index (χ0v) is 21.2. The van der Waals surface area contributed by atoms with Crippen LogP contribution in [0.4, 0.5) is 45.1 Å². The quantitative estimate of drug-likeness (QED) is 0.183. The Hall–Kier alpha value is -5.52. The van der Waals surface area contributed by atoms with Gasteiger partial charge < -0.3 is 36.9 Å². The number of hydrogen-bond acceptors (Lipinski definition) is 9. The fourth-order valence-corrected chi connectivity index (χ4v) is 4.12. The van der Waals surface area contributed by atoms with Crippen LogP contribution in [0.25, 0.3) is 0 Å². The van der Waals surface area contributed by atoms with Gasteiger partial charge in [0, 0.05) is 55.7 Å². The Bertz CT molecular complexity index is 1540. The van der Waals surface area contributed by atoms with Crippen molar-refractivity contribution in [1.82, 2.24) is 19.9 Å². The van der Waals surface area contributed by atoms with Gasteiger partial charge in [-0.2, -0.15) is 9.97 Å². The standard InChI is InChI=1S/C27H26N10O2/c1-29-23-22(13-28)24(31-19-9-10-21-16(12-19)15-37(2)25(21)38)36-26(35-23)32-17-5-7-18(8-6-17)33-27(39)34-20-4-3-11-30-14-20/h3-14,28H,15H2,1-2H3,(H2,33,34,39)(H3,29,31,32,35,36). The van der Waals surface area contributed by atoms with E-state index in [2.05, 4.69) is 41.5 Å². The van der Waals surface area contributed by atoms with Crippen LogP contribution >= 0.6 is 0 Å². The summed E-state index contributed by atoms with van der Waals surface area (Å²) in [4.78, 5) is 39.2. The monoisotopic (exact) mass is 522 g/mol. The molecule has 0 unspecified atom stereocenters. The zero-order chi connectivity index (χ0) is 27.4. The average Bonchev–Trinajstić information content (AvgIpc) is 3.22. The van der Waals surface area contributed by atoms with Gasteiger partial charge in [-0.15, -0.1) is 0 Å². The number of aromatic nitrogens is 3. The zero-order valence-electron chi connectivity index (χ0n) is 21.2. The third-order valence-corrected chi connectivity index (χ3v) is 6.00. The number of benzene rings is 2. The Morgan fingerprint density at radius 1 is 0.949 bits per heavy atom. The van der Waals surface area contributed by atoms with Gasteiger partial charge in [0.1, 0.15) is 11.6 Å². The van der Waals surface area contributed by atoms with Crippen molar-refractivity contribution in [2.75, 3.05) is 40.7 Å². The van der Waals surface area contributed by atoms with Gasteiger partial charge in [-0.05, 0) is 60.2 Å². The molecule has 3 amide bonds. The normalized spacial score (nSPS) is 11.9. The van der Waals surface area contributed by atoms with Gasteiger partial charge in [-0.25, -0.2) is 4.79 Å².